The number of hydrogen-bond acceptors (Lipinski definition) is 6. The van der Waals surface area contributed by atoms with Crippen molar-refractivity contribution in [2.24, 2.45) is 4.99 Å². The first-order valence-electron chi connectivity index (χ1n) is 9.32. The number of aliphatic imine (C=N–C) groups is 1. The van der Waals surface area contributed by atoms with Gasteiger partial charge in [0.2, 0.25) is 0 Å². The number of para-hydroxylation sites is 2. The van der Waals surface area contributed by atoms with Crippen LogP contribution in [0.2, 0.25) is 0 Å². The number of phenolic OH excluding ortho intramolecular Hbond substituents is 1. The van der Waals surface area contributed by atoms with Gasteiger partial charge >= 0.3 is 0 Å². The molecule has 0 atom stereocenters. The maximum Gasteiger partial charge on any atom is 0.274 e. The van der Waals surface area contributed by atoms with Gasteiger partial charge in [-0.25, -0.2) is 4.99 Å². The monoisotopic (exact) mass is 431 g/mol. The number of amidine groups is 1. The summed E-state index contributed by atoms with van der Waals surface area (Å²) in [5.41, 5.74) is 2.53. The minimum absolute atomic E-state index is 0.0918. The highest BCUT2D eigenvalue weighted by atomic mass is 32.2. The zero-order chi connectivity index (χ0) is 20.7. The Balaban J connectivity index is 1.61. The van der Waals surface area contributed by atoms with Crippen LogP contribution in [0, 0.1) is 0 Å². The summed E-state index contributed by atoms with van der Waals surface area (Å²) in [6, 6.07) is 24.3. The number of rotatable bonds is 2. The van der Waals surface area contributed by atoms with Crippen molar-refractivity contribution >= 4 is 51.7 Å². The molecule has 0 spiro atoms. The SMILES string of the molecule is CN1/C(=C2/SC(=Nc3ccc(O)cc3)N(c3ccccc3)C2=O)Sc2ccccc21. The van der Waals surface area contributed by atoms with Gasteiger partial charge in [-0.3, -0.25) is 9.69 Å². The van der Waals surface area contributed by atoms with Crippen molar-refractivity contribution in [3.05, 3.63) is 88.8 Å². The summed E-state index contributed by atoms with van der Waals surface area (Å²) in [4.78, 5) is 23.7. The molecular formula is C23H17N3O2S2. The lowest BCUT2D eigenvalue weighted by molar-refractivity contribution is -0.113. The van der Waals surface area contributed by atoms with Crippen LogP contribution in [0.15, 0.2) is 98.7 Å². The van der Waals surface area contributed by atoms with E-state index in [0.29, 0.717) is 15.8 Å². The van der Waals surface area contributed by atoms with Gasteiger partial charge in [0.15, 0.2) is 5.17 Å². The fourth-order valence-corrected chi connectivity index (χ4v) is 5.67. The summed E-state index contributed by atoms with van der Waals surface area (Å²) in [7, 11) is 1.98. The smallest absolute Gasteiger partial charge is 0.274 e. The zero-order valence-electron chi connectivity index (χ0n) is 16.0. The second kappa shape index (κ2) is 7.59. The van der Waals surface area contributed by atoms with Crippen molar-refractivity contribution in [3.63, 3.8) is 0 Å². The normalized spacial score (nSPS) is 19.6. The van der Waals surface area contributed by atoms with Crippen LogP contribution in [0.4, 0.5) is 17.1 Å². The minimum Gasteiger partial charge on any atom is -0.508 e. The number of carbonyl (C=O) groups is 1. The van der Waals surface area contributed by atoms with Crippen molar-refractivity contribution in [1.82, 2.24) is 0 Å². The molecular weight excluding hydrogens is 414 g/mol. The largest absolute Gasteiger partial charge is 0.508 e. The van der Waals surface area contributed by atoms with Crippen molar-refractivity contribution in [2.45, 2.75) is 4.90 Å². The summed E-state index contributed by atoms with van der Waals surface area (Å²) in [6.07, 6.45) is 0. The molecule has 0 unspecified atom stereocenters. The fraction of sp³-hybridized carbons (Fsp3) is 0.0435. The number of phenols is 1. The average Bonchev–Trinajstić information content (AvgIpc) is 3.27. The molecule has 1 fully saturated rings. The third kappa shape index (κ3) is 3.26. The summed E-state index contributed by atoms with van der Waals surface area (Å²) >= 11 is 2.98. The summed E-state index contributed by atoms with van der Waals surface area (Å²) in [6.45, 7) is 0. The highest BCUT2D eigenvalue weighted by Crippen LogP contribution is 2.50. The molecule has 3 aromatic carbocycles. The van der Waals surface area contributed by atoms with Crippen LogP contribution < -0.4 is 9.80 Å². The highest BCUT2D eigenvalue weighted by molar-refractivity contribution is 8.20. The van der Waals surface area contributed by atoms with E-state index in [0.717, 1.165) is 21.3 Å². The summed E-state index contributed by atoms with van der Waals surface area (Å²) < 4.78 is 0. The Morgan fingerprint density at radius 2 is 1.57 bits per heavy atom. The van der Waals surface area contributed by atoms with Crippen LogP contribution in [0.25, 0.3) is 0 Å². The molecule has 1 N–H and O–H groups in total. The lowest BCUT2D eigenvalue weighted by atomic mass is 10.3. The third-order valence-corrected chi connectivity index (χ3v) is 7.20. The first-order chi connectivity index (χ1) is 14.6. The van der Waals surface area contributed by atoms with Gasteiger partial charge in [0.05, 0.1) is 22.1 Å². The van der Waals surface area contributed by atoms with Gasteiger partial charge < -0.3 is 10.0 Å². The van der Waals surface area contributed by atoms with E-state index in [1.165, 1.54) is 11.8 Å². The Labute approximate surface area is 182 Å². The molecule has 0 bridgehead atoms. The van der Waals surface area contributed by atoms with Gasteiger partial charge in [-0.05, 0) is 60.3 Å². The maximum atomic E-state index is 13.5. The van der Waals surface area contributed by atoms with E-state index in [9.17, 15) is 9.90 Å². The molecule has 2 aliphatic rings. The molecule has 148 valence electrons. The molecule has 1 saturated heterocycles. The number of nitrogens with zero attached hydrogens (tertiary/aromatic N) is 3. The number of anilines is 2. The number of amides is 1. The van der Waals surface area contributed by atoms with E-state index < -0.39 is 0 Å². The highest BCUT2D eigenvalue weighted by Gasteiger charge is 2.39. The molecule has 0 aliphatic carbocycles. The van der Waals surface area contributed by atoms with Crippen molar-refractivity contribution in [1.29, 1.82) is 0 Å². The van der Waals surface area contributed by atoms with E-state index >= 15 is 0 Å². The molecule has 0 radical (unpaired) electrons. The number of thioether (sulfide) groups is 2. The molecule has 5 rings (SSSR count). The minimum atomic E-state index is -0.0918. The summed E-state index contributed by atoms with van der Waals surface area (Å²) in [5.74, 6) is 0.0875. The van der Waals surface area contributed by atoms with E-state index in [2.05, 4.69) is 17.0 Å². The number of aromatic hydroxyl groups is 1. The molecule has 0 aromatic heterocycles. The maximum absolute atomic E-state index is 13.5. The second-order valence-corrected chi connectivity index (χ2v) is 8.76. The number of fused-ring (bicyclic) bond motifs is 1. The van der Waals surface area contributed by atoms with Crippen LogP contribution >= 0.6 is 23.5 Å². The van der Waals surface area contributed by atoms with Crippen molar-refractivity contribution in [3.8, 4) is 5.75 Å². The standard InChI is InChI=1S/C23H17N3O2S2/c1-25-18-9-5-6-10-19(18)29-22(25)20-21(28)26(16-7-3-2-4-8-16)23(30-20)24-15-11-13-17(27)14-12-15/h2-14,27H,1H3/b22-20-,24-23?. The lowest BCUT2D eigenvalue weighted by Crippen LogP contribution is -2.29. The predicted octanol–water partition coefficient (Wildman–Crippen LogP) is 5.57. The van der Waals surface area contributed by atoms with Gasteiger partial charge in [0, 0.05) is 11.9 Å². The zero-order valence-corrected chi connectivity index (χ0v) is 17.7. The van der Waals surface area contributed by atoms with Crippen LogP contribution in [-0.2, 0) is 4.79 Å². The number of benzene rings is 3. The van der Waals surface area contributed by atoms with Gasteiger partial charge in [0.1, 0.15) is 10.7 Å². The Morgan fingerprint density at radius 1 is 0.867 bits per heavy atom. The van der Waals surface area contributed by atoms with E-state index in [-0.39, 0.29) is 11.7 Å². The van der Waals surface area contributed by atoms with Gasteiger partial charge in [-0.1, -0.05) is 42.1 Å². The number of hydrogen-bond donors (Lipinski definition) is 1. The van der Waals surface area contributed by atoms with E-state index in [4.69, 9.17) is 4.99 Å². The lowest BCUT2D eigenvalue weighted by Gasteiger charge is -2.16. The van der Waals surface area contributed by atoms with Gasteiger partial charge in [-0.2, -0.15) is 0 Å². The van der Waals surface area contributed by atoms with Gasteiger partial charge in [-0.15, -0.1) is 0 Å². The molecule has 3 aromatic rings. The van der Waals surface area contributed by atoms with Crippen LogP contribution in [0.1, 0.15) is 0 Å². The molecule has 5 nitrogen and oxygen atoms in total. The van der Waals surface area contributed by atoms with Crippen LogP contribution in [-0.4, -0.2) is 23.2 Å². The molecule has 1 amide bonds. The van der Waals surface area contributed by atoms with E-state index in [1.807, 2.05) is 49.5 Å². The first kappa shape index (κ1) is 18.8. The Kier molecular flexibility index (Phi) is 4.77. The molecule has 2 aliphatic heterocycles. The molecule has 0 saturated carbocycles. The van der Waals surface area contributed by atoms with E-state index in [1.54, 1.807) is 40.9 Å². The quantitative estimate of drug-likeness (QED) is 0.538. The second-order valence-electron chi connectivity index (χ2n) is 6.75. The average molecular weight is 432 g/mol. The topological polar surface area (TPSA) is 56.1 Å². The molecule has 7 heteroatoms. The van der Waals surface area contributed by atoms with Crippen molar-refractivity contribution < 1.29 is 9.90 Å². The Bertz CT molecular complexity index is 1190. The Morgan fingerprint density at radius 3 is 2.30 bits per heavy atom. The molecule has 30 heavy (non-hydrogen) atoms. The molecule has 2 heterocycles. The third-order valence-electron chi connectivity index (χ3n) is 4.80. The fourth-order valence-electron chi connectivity index (χ4n) is 3.32. The van der Waals surface area contributed by atoms with Crippen molar-refractivity contribution in [2.75, 3.05) is 16.8 Å². The first-order valence-corrected chi connectivity index (χ1v) is 10.9. The van der Waals surface area contributed by atoms with Gasteiger partial charge in [0.25, 0.3) is 5.91 Å². The summed E-state index contributed by atoms with van der Waals surface area (Å²) in [5, 5.41) is 11.0. The van der Waals surface area contributed by atoms with Crippen LogP contribution in [0.3, 0.4) is 0 Å². The predicted molar refractivity (Wildman–Crippen MR) is 124 cm³/mol. The Hall–Kier alpha value is -3.16. The van der Waals surface area contributed by atoms with Crippen LogP contribution in [0.5, 0.6) is 5.75 Å². The number of carbonyl (C=O) groups excluding carboxylic acids is 1.